The van der Waals surface area contributed by atoms with Crippen LogP contribution < -0.4 is 0 Å². The van der Waals surface area contributed by atoms with Crippen LogP contribution in [0, 0.1) is 0 Å². The molecule has 1 unspecified atom stereocenters. The minimum absolute atomic E-state index is 0.233. The van der Waals surface area contributed by atoms with Gasteiger partial charge in [0.15, 0.2) is 0 Å². The predicted molar refractivity (Wildman–Crippen MR) is 97.9 cm³/mol. The van der Waals surface area contributed by atoms with Crippen molar-refractivity contribution in [2.24, 2.45) is 0 Å². The van der Waals surface area contributed by atoms with Crippen molar-refractivity contribution in [3.05, 3.63) is 112 Å². The van der Waals surface area contributed by atoms with Crippen LogP contribution in [0.1, 0.15) is 22.6 Å². The molecule has 0 N–H and O–H groups in total. The summed E-state index contributed by atoms with van der Waals surface area (Å²) in [5.74, 6) is 0.233. The van der Waals surface area contributed by atoms with E-state index in [4.69, 9.17) is 0 Å². The molecule has 0 saturated heterocycles. The number of benzene rings is 3. The van der Waals surface area contributed by atoms with Crippen LogP contribution in [-0.2, 0) is 0 Å². The molecule has 22 heavy (non-hydrogen) atoms. The number of halogens is 1. The van der Waals surface area contributed by atoms with Gasteiger partial charge in [0.2, 0.25) is 0 Å². The quantitative estimate of drug-likeness (QED) is 0.519. The van der Waals surface area contributed by atoms with Gasteiger partial charge >= 0.3 is 0 Å². The highest BCUT2D eigenvalue weighted by Crippen LogP contribution is 2.32. The van der Waals surface area contributed by atoms with E-state index in [1.54, 1.807) is 0 Å². The monoisotopic (exact) mass is 348 g/mol. The van der Waals surface area contributed by atoms with Crippen molar-refractivity contribution >= 4 is 22.0 Å². The Morgan fingerprint density at radius 2 is 1.27 bits per heavy atom. The second-order valence-corrected chi connectivity index (χ2v) is 6.03. The fourth-order valence-electron chi connectivity index (χ4n) is 2.55. The third kappa shape index (κ3) is 3.55. The van der Waals surface area contributed by atoms with Gasteiger partial charge in [-0.15, -0.1) is 0 Å². The third-order valence-corrected chi connectivity index (χ3v) is 4.40. The van der Waals surface area contributed by atoms with Crippen molar-refractivity contribution in [1.82, 2.24) is 0 Å². The van der Waals surface area contributed by atoms with E-state index in [9.17, 15) is 0 Å². The molecule has 3 aromatic carbocycles. The maximum absolute atomic E-state index is 3.69. The molecular formula is C21H17Br. The van der Waals surface area contributed by atoms with Gasteiger partial charge in [-0.25, -0.2) is 0 Å². The zero-order valence-electron chi connectivity index (χ0n) is 12.2. The molecule has 1 heteroatoms. The molecule has 1 atom stereocenters. The first-order chi connectivity index (χ1) is 10.8. The van der Waals surface area contributed by atoms with Gasteiger partial charge in [-0.3, -0.25) is 0 Å². The van der Waals surface area contributed by atoms with E-state index in [0.717, 1.165) is 4.47 Å². The Kier molecular flexibility index (Phi) is 4.87. The molecule has 0 amide bonds. The van der Waals surface area contributed by atoms with Crippen LogP contribution >= 0.6 is 15.9 Å². The molecule has 0 radical (unpaired) electrons. The van der Waals surface area contributed by atoms with Crippen LogP contribution in [0.2, 0.25) is 0 Å². The molecule has 0 saturated carbocycles. The Bertz CT molecular complexity index is 745. The van der Waals surface area contributed by atoms with Crippen LogP contribution in [0.15, 0.2) is 95.5 Å². The Morgan fingerprint density at radius 3 is 1.95 bits per heavy atom. The lowest BCUT2D eigenvalue weighted by molar-refractivity contribution is 1.02. The molecule has 0 spiro atoms. The van der Waals surface area contributed by atoms with E-state index in [2.05, 4.69) is 107 Å². The molecule has 0 aliphatic rings. The Labute approximate surface area is 140 Å². The lowest BCUT2D eigenvalue weighted by atomic mass is 9.90. The van der Waals surface area contributed by atoms with Gasteiger partial charge in [-0.1, -0.05) is 107 Å². The topological polar surface area (TPSA) is 0 Å². The first-order valence-corrected chi connectivity index (χ1v) is 8.16. The molecular weight excluding hydrogens is 332 g/mol. The van der Waals surface area contributed by atoms with Gasteiger partial charge in [0.05, 0.1) is 0 Å². The van der Waals surface area contributed by atoms with Crippen LogP contribution in [0.4, 0.5) is 0 Å². The Morgan fingerprint density at radius 1 is 0.682 bits per heavy atom. The summed E-state index contributed by atoms with van der Waals surface area (Å²) in [6, 6.07) is 29.4. The largest absolute Gasteiger partial charge is 0.0720 e. The van der Waals surface area contributed by atoms with Crippen LogP contribution in [0.5, 0.6) is 0 Å². The fourth-order valence-corrected chi connectivity index (χ4v) is 3.08. The van der Waals surface area contributed by atoms with Crippen molar-refractivity contribution in [2.45, 2.75) is 5.92 Å². The van der Waals surface area contributed by atoms with Crippen molar-refractivity contribution < 1.29 is 0 Å². The smallest absolute Gasteiger partial charge is 0.0283 e. The maximum atomic E-state index is 3.69. The van der Waals surface area contributed by atoms with E-state index in [1.807, 2.05) is 6.07 Å². The molecule has 0 aliphatic carbocycles. The van der Waals surface area contributed by atoms with E-state index in [1.165, 1.54) is 16.7 Å². The van der Waals surface area contributed by atoms with Gasteiger partial charge in [0, 0.05) is 10.4 Å². The highest BCUT2D eigenvalue weighted by atomic mass is 79.9. The van der Waals surface area contributed by atoms with E-state index < -0.39 is 0 Å². The molecule has 0 fully saturated rings. The number of allylic oxidation sites excluding steroid dienone is 1. The minimum atomic E-state index is 0.233. The van der Waals surface area contributed by atoms with Crippen molar-refractivity contribution in [1.29, 1.82) is 0 Å². The zero-order chi connectivity index (χ0) is 15.2. The predicted octanol–water partition coefficient (Wildman–Crippen LogP) is 6.29. The summed E-state index contributed by atoms with van der Waals surface area (Å²) >= 11 is 3.69. The zero-order valence-corrected chi connectivity index (χ0v) is 13.8. The molecule has 0 aliphatic heterocycles. The minimum Gasteiger partial charge on any atom is -0.0720 e. The van der Waals surface area contributed by atoms with Gasteiger partial charge in [-0.2, -0.15) is 0 Å². The Hall–Kier alpha value is -2.12. The van der Waals surface area contributed by atoms with Crippen LogP contribution in [-0.4, -0.2) is 0 Å². The van der Waals surface area contributed by atoms with Gasteiger partial charge in [0.1, 0.15) is 0 Å². The highest BCUT2D eigenvalue weighted by Gasteiger charge is 2.13. The first-order valence-electron chi connectivity index (χ1n) is 7.37. The summed E-state index contributed by atoms with van der Waals surface area (Å²) in [6.07, 6.45) is 4.46. The van der Waals surface area contributed by atoms with Crippen LogP contribution in [0.25, 0.3) is 6.08 Å². The summed E-state index contributed by atoms with van der Waals surface area (Å²) in [7, 11) is 0. The van der Waals surface area contributed by atoms with E-state index >= 15 is 0 Å². The maximum Gasteiger partial charge on any atom is 0.0283 e. The van der Waals surface area contributed by atoms with Crippen molar-refractivity contribution in [3.8, 4) is 0 Å². The molecule has 108 valence electrons. The average Bonchev–Trinajstić information content (AvgIpc) is 2.58. The van der Waals surface area contributed by atoms with E-state index in [0.29, 0.717) is 0 Å². The normalized spacial score (nSPS) is 12.4. The summed E-state index contributed by atoms with van der Waals surface area (Å²) in [4.78, 5) is 0. The van der Waals surface area contributed by atoms with Crippen LogP contribution in [0.3, 0.4) is 0 Å². The standard InChI is InChI=1S/C21H17Br/c22-21-14-8-7-13-20(21)19(18-11-5-2-6-12-18)16-15-17-9-3-1-4-10-17/h1-16,19H/b16-15+. The second-order valence-electron chi connectivity index (χ2n) is 5.18. The molecule has 3 aromatic rings. The molecule has 0 aromatic heterocycles. The number of hydrogen-bond acceptors (Lipinski definition) is 0. The molecule has 0 heterocycles. The number of rotatable bonds is 4. The summed E-state index contributed by atoms with van der Waals surface area (Å²) in [6.45, 7) is 0. The summed E-state index contributed by atoms with van der Waals surface area (Å²) in [5, 5.41) is 0. The lowest BCUT2D eigenvalue weighted by Gasteiger charge is -2.16. The van der Waals surface area contributed by atoms with E-state index in [-0.39, 0.29) is 5.92 Å². The average molecular weight is 349 g/mol. The number of hydrogen-bond donors (Lipinski definition) is 0. The molecule has 0 bridgehead atoms. The third-order valence-electron chi connectivity index (χ3n) is 3.68. The van der Waals surface area contributed by atoms with Gasteiger partial charge in [0.25, 0.3) is 0 Å². The summed E-state index contributed by atoms with van der Waals surface area (Å²) in [5.41, 5.74) is 3.79. The highest BCUT2D eigenvalue weighted by molar-refractivity contribution is 9.10. The molecule has 3 rings (SSSR count). The van der Waals surface area contributed by atoms with Gasteiger partial charge in [-0.05, 0) is 22.8 Å². The molecule has 0 nitrogen and oxygen atoms in total. The lowest BCUT2D eigenvalue weighted by Crippen LogP contribution is -1.98. The fraction of sp³-hybridized carbons (Fsp3) is 0.0476. The SMILES string of the molecule is Brc1ccccc1C(/C=C/c1ccccc1)c1ccccc1. The second kappa shape index (κ2) is 7.24. The Balaban J connectivity index is 2.01. The van der Waals surface area contributed by atoms with Crippen molar-refractivity contribution in [2.75, 3.05) is 0 Å². The summed E-state index contributed by atoms with van der Waals surface area (Å²) < 4.78 is 1.14. The van der Waals surface area contributed by atoms with Crippen molar-refractivity contribution in [3.63, 3.8) is 0 Å². The van der Waals surface area contributed by atoms with Gasteiger partial charge < -0.3 is 0 Å². The first kappa shape index (κ1) is 14.8.